The van der Waals surface area contributed by atoms with Gasteiger partial charge in [-0.1, -0.05) is 162 Å². The van der Waals surface area contributed by atoms with Gasteiger partial charge in [0, 0.05) is 48.3 Å². The maximum Gasteiger partial charge on any atom is 0.142 e. The third kappa shape index (κ3) is 5.43. The first kappa shape index (κ1) is 26.8. The van der Waals surface area contributed by atoms with Gasteiger partial charge in [-0.05, 0) is 18.2 Å². The minimum atomic E-state index is 0.913. The van der Waals surface area contributed by atoms with Gasteiger partial charge in [0.1, 0.15) is 23.0 Å². The van der Waals surface area contributed by atoms with Crippen LogP contribution in [0, 0.1) is 0 Å². The molecular weight excluding hydrogens is 592 g/mol. The molecule has 2 nitrogen and oxygen atoms in total. The molecule has 3 heteroatoms. The van der Waals surface area contributed by atoms with Crippen LogP contribution in [0.5, 0.6) is 0 Å². The van der Waals surface area contributed by atoms with Crippen molar-refractivity contribution in [1.29, 1.82) is 0 Å². The fourth-order valence-corrected chi connectivity index (χ4v) is 5.78. The standard InChI is InChI=1S/C20H13BrO.C20H14O/c21-16-11-12-17-18(13-16)20(15-9-5-2-6-10-15)22-19(17)14-7-3-1-4-8-14;1-3-9-15(10-4-1)19-17-13-7-8-14-18(17)20(21-19)16-11-5-2-6-12-16/h1-13H;1-14H. The van der Waals surface area contributed by atoms with Gasteiger partial charge in [-0.15, -0.1) is 0 Å². The lowest BCUT2D eigenvalue weighted by atomic mass is 10.0. The molecule has 0 aliphatic heterocycles. The van der Waals surface area contributed by atoms with Crippen molar-refractivity contribution in [2.45, 2.75) is 0 Å². The molecule has 0 unspecified atom stereocenters. The first-order valence-electron chi connectivity index (χ1n) is 14.2. The average Bonchev–Trinajstić information content (AvgIpc) is 3.66. The summed E-state index contributed by atoms with van der Waals surface area (Å²) in [5.74, 6) is 3.70. The van der Waals surface area contributed by atoms with Crippen molar-refractivity contribution in [3.05, 3.63) is 168 Å². The summed E-state index contributed by atoms with van der Waals surface area (Å²) in [6, 6.07) is 55.6. The van der Waals surface area contributed by atoms with Crippen LogP contribution < -0.4 is 0 Å². The molecule has 0 spiro atoms. The molecule has 0 saturated carbocycles. The van der Waals surface area contributed by atoms with Crippen molar-refractivity contribution < 1.29 is 8.83 Å². The Hall–Kier alpha value is -5.12. The van der Waals surface area contributed by atoms with Crippen LogP contribution in [-0.2, 0) is 0 Å². The third-order valence-corrected chi connectivity index (χ3v) is 7.93. The molecule has 0 atom stereocenters. The lowest BCUT2D eigenvalue weighted by Crippen LogP contribution is -1.74. The smallest absolute Gasteiger partial charge is 0.142 e. The molecule has 0 N–H and O–H groups in total. The molecule has 0 aliphatic rings. The zero-order valence-corrected chi connectivity index (χ0v) is 24.9. The maximum absolute atomic E-state index is 6.27. The Morgan fingerprint density at radius 2 is 0.605 bits per heavy atom. The van der Waals surface area contributed by atoms with E-state index in [1.807, 2.05) is 72.8 Å². The summed E-state index contributed by atoms with van der Waals surface area (Å²) in [6.45, 7) is 0. The number of hydrogen-bond donors (Lipinski definition) is 0. The predicted molar refractivity (Wildman–Crippen MR) is 182 cm³/mol. The number of halogens is 1. The summed E-state index contributed by atoms with van der Waals surface area (Å²) in [7, 11) is 0. The van der Waals surface area contributed by atoms with Gasteiger partial charge in [-0.3, -0.25) is 0 Å². The lowest BCUT2D eigenvalue weighted by Gasteiger charge is -1.98. The van der Waals surface area contributed by atoms with Crippen LogP contribution in [0.4, 0.5) is 0 Å². The summed E-state index contributed by atoms with van der Waals surface area (Å²) in [6.07, 6.45) is 0. The first-order valence-corrected chi connectivity index (χ1v) is 15.0. The Bertz CT molecular complexity index is 2040. The normalized spacial score (nSPS) is 10.9. The van der Waals surface area contributed by atoms with Crippen LogP contribution >= 0.6 is 15.9 Å². The Balaban J connectivity index is 0.000000140. The second-order valence-electron chi connectivity index (χ2n) is 10.2. The number of rotatable bonds is 4. The third-order valence-electron chi connectivity index (χ3n) is 7.44. The number of benzene rings is 6. The predicted octanol–water partition coefficient (Wildman–Crippen LogP) is 12.3. The molecule has 0 radical (unpaired) electrons. The van der Waals surface area contributed by atoms with E-state index in [1.54, 1.807) is 0 Å². The van der Waals surface area contributed by atoms with E-state index in [0.717, 1.165) is 71.3 Å². The van der Waals surface area contributed by atoms with Gasteiger partial charge < -0.3 is 8.83 Å². The summed E-state index contributed by atoms with van der Waals surface area (Å²) in [5.41, 5.74) is 4.40. The van der Waals surface area contributed by atoms with E-state index in [4.69, 9.17) is 8.83 Å². The highest BCUT2D eigenvalue weighted by Crippen LogP contribution is 2.41. The van der Waals surface area contributed by atoms with E-state index in [9.17, 15) is 0 Å². The van der Waals surface area contributed by atoms with Crippen LogP contribution in [0.1, 0.15) is 0 Å². The molecule has 43 heavy (non-hydrogen) atoms. The lowest BCUT2D eigenvalue weighted by molar-refractivity contribution is 0.601. The second-order valence-corrected chi connectivity index (χ2v) is 11.1. The van der Waals surface area contributed by atoms with Crippen molar-refractivity contribution in [3.63, 3.8) is 0 Å². The van der Waals surface area contributed by atoms with E-state index in [-0.39, 0.29) is 0 Å². The first-order chi connectivity index (χ1) is 21.3. The average molecular weight is 620 g/mol. The molecule has 2 heterocycles. The van der Waals surface area contributed by atoms with Crippen LogP contribution in [0.2, 0.25) is 0 Å². The van der Waals surface area contributed by atoms with Crippen molar-refractivity contribution >= 4 is 37.5 Å². The maximum atomic E-state index is 6.27. The van der Waals surface area contributed by atoms with Crippen LogP contribution in [-0.4, -0.2) is 0 Å². The SMILES string of the molecule is Brc1ccc2c(-c3ccccc3)oc(-c3ccccc3)c2c1.c1ccc(-c2oc(-c3ccccc3)c3ccccc23)cc1. The molecule has 2 aromatic heterocycles. The zero-order chi connectivity index (χ0) is 29.0. The van der Waals surface area contributed by atoms with Crippen LogP contribution in [0.25, 0.3) is 66.8 Å². The molecule has 0 amide bonds. The van der Waals surface area contributed by atoms with E-state index < -0.39 is 0 Å². The molecular formula is C40H27BrO2. The topological polar surface area (TPSA) is 26.3 Å². The second kappa shape index (κ2) is 12.0. The Labute approximate surface area is 259 Å². The highest BCUT2D eigenvalue weighted by atomic mass is 79.9. The van der Waals surface area contributed by atoms with Crippen molar-refractivity contribution in [2.75, 3.05) is 0 Å². The molecule has 0 fully saturated rings. The number of fused-ring (bicyclic) bond motifs is 2. The largest absolute Gasteiger partial charge is 0.455 e. The fraction of sp³-hybridized carbons (Fsp3) is 0. The van der Waals surface area contributed by atoms with Gasteiger partial charge in [0.2, 0.25) is 0 Å². The molecule has 6 aromatic carbocycles. The van der Waals surface area contributed by atoms with Crippen molar-refractivity contribution in [1.82, 2.24) is 0 Å². The van der Waals surface area contributed by atoms with Gasteiger partial charge in [0.05, 0.1) is 0 Å². The van der Waals surface area contributed by atoms with Crippen LogP contribution in [0.3, 0.4) is 0 Å². The summed E-state index contributed by atoms with van der Waals surface area (Å²) in [5, 5.41) is 4.57. The quantitative estimate of drug-likeness (QED) is 0.196. The Kier molecular flexibility index (Phi) is 7.47. The minimum Gasteiger partial charge on any atom is -0.455 e. The summed E-state index contributed by atoms with van der Waals surface area (Å²) >= 11 is 3.56. The number of furan rings is 2. The van der Waals surface area contributed by atoms with E-state index in [2.05, 4.69) is 107 Å². The van der Waals surface area contributed by atoms with Gasteiger partial charge in [0.15, 0.2) is 0 Å². The van der Waals surface area contributed by atoms with Gasteiger partial charge >= 0.3 is 0 Å². The highest BCUT2D eigenvalue weighted by Gasteiger charge is 2.17. The highest BCUT2D eigenvalue weighted by molar-refractivity contribution is 9.10. The van der Waals surface area contributed by atoms with Gasteiger partial charge in [-0.2, -0.15) is 0 Å². The fourth-order valence-electron chi connectivity index (χ4n) is 5.42. The monoisotopic (exact) mass is 618 g/mol. The Morgan fingerprint density at radius 3 is 0.977 bits per heavy atom. The van der Waals surface area contributed by atoms with E-state index in [1.165, 1.54) is 0 Å². The van der Waals surface area contributed by atoms with E-state index >= 15 is 0 Å². The van der Waals surface area contributed by atoms with Crippen molar-refractivity contribution in [2.24, 2.45) is 0 Å². The molecule has 8 rings (SSSR count). The molecule has 0 aliphatic carbocycles. The summed E-state index contributed by atoms with van der Waals surface area (Å²) in [4.78, 5) is 0. The molecule has 0 bridgehead atoms. The molecule has 206 valence electrons. The molecule has 0 saturated heterocycles. The van der Waals surface area contributed by atoms with Crippen LogP contribution in [0.15, 0.2) is 177 Å². The van der Waals surface area contributed by atoms with E-state index in [0.29, 0.717) is 0 Å². The Morgan fingerprint density at radius 1 is 0.302 bits per heavy atom. The minimum absolute atomic E-state index is 0.913. The zero-order valence-electron chi connectivity index (χ0n) is 23.3. The van der Waals surface area contributed by atoms with Gasteiger partial charge in [-0.25, -0.2) is 0 Å². The number of hydrogen-bond acceptors (Lipinski definition) is 2. The molecule has 8 aromatic rings. The summed E-state index contributed by atoms with van der Waals surface area (Å²) < 4.78 is 13.6. The van der Waals surface area contributed by atoms with Crippen molar-refractivity contribution in [3.8, 4) is 45.3 Å². The van der Waals surface area contributed by atoms with Gasteiger partial charge in [0.25, 0.3) is 0 Å².